The Balaban J connectivity index is 1.67. The van der Waals surface area contributed by atoms with Crippen molar-refractivity contribution in [2.45, 2.75) is 19.8 Å². The van der Waals surface area contributed by atoms with Crippen LogP contribution in [0.2, 0.25) is 0 Å². The van der Waals surface area contributed by atoms with Crippen LogP contribution in [0.3, 0.4) is 0 Å². The largest absolute Gasteiger partial charge is 0.497 e. The maximum atomic E-state index is 12.8. The molecule has 1 amide bonds. The van der Waals surface area contributed by atoms with E-state index in [0.717, 1.165) is 17.1 Å². The van der Waals surface area contributed by atoms with E-state index in [9.17, 15) is 14.7 Å². The highest BCUT2D eigenvalue weighted by molar-refractivity contribution is 5.80. The van der Waals surface area contributed by atoms with E-state index in [1.807, 2.05) is 25.1 Å². The maximum absolute atomic E-state index is 12.8. The van der Waals surface area contributed by atoms with Gasteiger partial charge in [-0.15, -0.1) is 0 Å². The first-order valence-electron chi connectivity index (χ1n) is 8.31. The number of piperidine rings is 1. The summed E-state index contributed by atoms with van der Waals surface area (Å²) in [4.78, 5) is 25.8. The van der Waals surface area contributed by atoms with Crippen LogP contribution in [0.4, 0.5) is 0 Å². The molecule has 1 N–H and O–H groups in total. The first-order chi connectivity index (χ1) is 11.5. The number of likely N-dealkylation sites (tertiary alicyclic amines) is 1. The number of carbonyl (C=O) groups excluding carboxylic acids is 1. The maximum Gasteiger partial charge on any atom is 0.306 e. The van der Waals surface area contributed by atoms with Gasteiger partial charge >= 0.3 is 5.97 Å². The number of methoxy groups -OCH3 is 1. The molecule has 0 bridgehead atoms. The molecule has 24 heavy (non-hydrogen) atoms. The number of carbonyl (C=O) groups is 2. The normalized spacial score (nSPS) is 26.2. The monoisotopic (exact) mass is 333 g/mol. The van der Waals surface area contributed by atoms with Crippen molar-refractivity contribution in [2.75, 3.05) is 26.8 Å². The number of ether oxygens (including phenoxy) is 2. The Bertz CT molecular complexity index is 644. The van der Waals surface area contributed by atoms with Gasteiger partial charge in [0.05, 0.1) is 18.9 Å². The summed E-state index contributed by atoms with van der Waals surface area (Å²) in [6.07, 6.45) is 1.14. The molecule has 3 atom stereocenters. The van der Waals surface area contributed by atoms with Gasteiger partial charge in [-0.05, 0) is 42.5 Å². The van der Waals surface area contributed by atoms with Crippen LogP contribution in [0, 0.1) is 17.8 Å². The van der Waals surface area contributed by atoms with Crippen molar-refractivity contribution in [1.82, 2.24) is 4.90 Å². The average Bonchev–Trinajstić information content (AvgIpc) is 2.59. The Morgan fingerprint density at radius 1 is 1.38 bits per heavy atom. The topological polar surface area (TPSA) is 76.1 Å². The molecular formula is C18H23NO5. The van der Waals surface area contributed by atoms with E-state index in [2.05, 4.69) is 0 Å². The Hall–Kier alpha value is -2.24. The molecule has 1 saturated heterocycles. The van der Waals surface area contributed by atoms with Crippen LogP contribution >= 0.6 is 0 Å². The summed E-state index contributed by atoms with van der Waals surface area (Å²) < 4.78 is 11.0. The van der Waals surface area contributed by atoms with Crippen LogP contribution in [0.1, 0.15) is 18.9 Å². The summed E-state index contributed by atoms with van der Waals surface area (Å²) in [5.74, 6) is 0.229. The van der Waals surface area contributed by atoms with Crippen molar-refractivity contribution < 1.29 is 24.2 Å². The van der Waals surface area contributed by atoms with Gasteiger partial charge in [0.1, 0.15) is 18.1 Å². The zero-order valence-electron chi connectivity index (χ0n) is 14.0. The van der Waals surface area contributed by atoms with Crippen molar-refractivity contribution in [3.63, 3.8) is 0 Å². The number of carboxylic acid groups (broad SMARTS) is 1. The first-order valence-corrected chi connectivity index (χ1v) is 8.31. The van der Waals surface area contributed by atoms with Gasteiger partial charge in [-0.1, -0.05) is 6.92 Å². The fourth-order valence-electron chi connectivity index (χ4n) is 3.63. The van der Waals surface area contributed by atoms with Crippen LogP contribution in [0.15, 0.2) is 18.2 Å². The van der Waals surface area contributed by atoms with Crippen molar-refractivity contribution in [3.8, 4) is 11.5 Å². The van der Waals surface area contributed by atoms with E-state index in [-0.39, 0.29) is 23.7 Å². The molecule has 1 aromatic rings. The van der Waals surface area contributed by atoms with Crippen LogP contribution < -0.4 is 9.47 Å². The highest BCUT2D eigenvalue weighted by atomic mass is 16.5. The van der Waals surface area contributed by atoms with E-state index in [1.54, 1.807) is 12.0 Å². The molecular weight excluding hydrogens is 310 g/mol. The van der Waals surface area contributed by atoms with Crippen molar-refractivity contribution >= 4 is 11.9 Å². The fourth-order valence-corrected chi connectivity index (χ4v) is 3.63. The Morgan fingerprint density at radius 3 is 2.83 bits per heavy atom. The summed E-state index contributed by atoms with van der Waals surface area (Å²) in [6.45, 7) is 3.26. The third kappa shape index (κ3) is 3.18. The van der Waals surface area contributed by atoms with Gasteiger partial charge in [0.15, 0.2) is 0 Å². The molecule has 1 aromatic carbocycles. The molecule has 1 fully saturated rings. The van der Waals surface area contributed by atoms with Crippen molar-refractivity contribution in [1.29, 1.82) is 0 Å². The van der Waals surface area contributed by atoms with Gasteiger partial charge in [-0.25, -0.2) is 0 Å². The first kappa shape index (κ1) is 16.6. The van der Waals surface area contributed by atoms with Gasteiger partial charge in [-0.2, -0.15) is 0 Å². The number of amides is 1. The summed E-state index contributed by atoms with van der Waals surface area (Å²) in [6, 6.07) is 5.63. The van der Waals surface area contributed by atoms with E-state index < -0.39 is 5.97 Å². The number of nitrogens with zero attached hydrogens (tertiary/aromatic N) is 1. The lowest BCUT2D eigenvalue weighted by molar-refractivity contribution is -0.150. The predicted molar refractivity (Wildman–Crippen MR) is 87.2 cm³/mol. The van der Waals surface area contributed by atoms with Gasteiger partial charge < -0.3 is 19.5 Å². The van der Waals surface area contributed by atoms with Crippen LogP contribution in [0.25, 0.3) is 0 Å². The zero-order chi connectivity index (χ0) is 17.3. The minimum absolute atomic E-state index is 0.0305. The standard InChI is InChI=1S/C18H23NO5/c1-11-9-19(6-5-15(11)18(21)22)17(20)13-7-12-8-14(23-2)3-4-16(12)24-10-13/h3-4,8,11,13,15H,5-7,9-10H2,1-2H3,(H,21,22). The molecule has 3 rings (SSSR count). The molecule has 0 aromatic heterocycles. The molecule has 2 aliphatic heterocycles. The lowest BCUT2D eigenvalue weighted by Gasteiger charge is -2.37. The minimum Gasteiger partial charge on any atom is -0.497 e. The molecule has 0 saturated carbocycles. The summed E-state index contributed by atoms with van der Waals surface area (Å²) in [5, 5.41) is 9.21. The molecule has 130 valence electrons. The number of fused-ring (bicyclic) bond motifs is 1. The second-order valence-corrected chi connectivity index (χ2v) is 6.68. The highest BCUT2D eigenvalue weighted by Crippen LogP contribution is 2.32. The molecule has 0 aliphatic carbocycles. The Kier molecular flexibility index (Phi) is 4.64. The van der Waals surface area contributed by atoms with Crippen molar-refractivity contribution in [3.05, 3.63) is 23.8 Å². The Labute approximate surface area is 141 Å². The molecule has 0 radical (unpaired) electrons. The molecule has 2 heterocycles. The highest BCUT2D eigenvalue weighted by Gasteiger charge is 2.36. The molecule has 2 aliphatic rings. The number of aliphatic carboxylic acids is 1. The summed E-state index contributed by atoms with van der Waals surface area (Å²) in [7, 11) is 1.61. The van der Waals surface area contributed by atoms with E-state index in [1.165, 1.54) is 0 Å². The molecule has 0 spiro atoms. The van der Waals surface area contributed by atoms with E-state index in [0.29, 0.717) is 32.5 Å². The second-order valence-electron chi connectivity index (χ2n) is 6.68. The lowest BCUT2D eigenvalue weighted by Crippen LogP contribution is -2.48. The zero-order valence-corrected chi connectivity index (χ0v) is 14.0. The lowest BCUT2D eigenvalue weighted by atomic mass is 9.86. The molecule has 6 nitrogen and oxygen atoms in total. The van der Waals surface area contributed by atoms with Gasteiger partial charge in [0.25, 0.3) is 0 Å². The van der Waals surface area contributed by atoms with E-state index >= 15 is 0 Å². The number of carboxylic acids is 1. The number of benzene rings is 1. The predicted octanol–water partition coefficient (Wildman–Crippen LogP) is 1.82. The summed E-state index contributed by atoms with van der Waals surface area (Å²) >= 11 is 0. The van der Waals surface area contributed by atoms with Gasteiger partial charge in [0.2, 0.25) is 5.91 Å². The molecule has 3 unspecified atom stereocenters. The van der Waals surface area contributed by atoms with E-state index in [4.69, 9.17) is 9.47 Å². The molecule has 6 heteroatoms. The third-order valence-electron chi connectivity index (χ3n) is 5.06. The van der Waals surface area contributed by atoms with Gasteiger partial charge in [0, 0.05) is 13.1 Å². The number of hydrogen-bond donors (Lipinski definition) is 1. The quantitative estimate of drug-likeness (QED) is 0.913. The van der Waals surface area contributed by atoms with Crippen LogP contribution in [0.5, 0.6) is 11.5 Å². The summed E-state index contributed by atoms with van der Waals surface area (Å²) in [5.41, 5.74) is 0.979. The SMILES string of the molecule is COc1ccc2c(c1)CC(C(=O)N1CCC(C(=O)O)C(C)C1)CO2. The second kappa shape index (κ2) is 6.71. The smallest absolute Gasteiger partial charge is 0.306 e. The average molecular weight is 333 g/mol. The minimum atomic E-state index is -0.767. The van der Waals surface area contributed by atoms with Gasteiger partial charge in [-0.3, -0.25) is 9.59 Å². The van der Waals surface area contributed by atoms with Crippen molar-refractivity contribution in [2.24, 2.45) is 17.8 Å². The van der Waals surface area contributed by atoms with Crippen LogP contribution in [-0.4, -0.2) is 48.7 Å². The Morgan fingerprint density at radius 2 is 2.17 bits per heavy atom. The number of hydrogen-bond acceptors (Lipinski definition) is 4. The number of rotatable bonds is 3. The fraction of sp³-hybridized carbons (Fsp3) is 0.556. The van der Waals surface area contributed by atoms with Crippen LogP contribution in [-0.2, 0) is 16.0 Å². The third-order valence-corrected chi connectivity index (χ3v) is 5.06.